The predicted octanol–water partition coefficient (Wildman–Crippen LogP) is 5.10. The van der Waals surface area contributed by atoms with Gasteiger partial charge in [-0.3, -0.25) is 0 Å². The Morgan fingerprint density at radius 1 is 1.05 bits per heavy atom. The van der Waals surface area contributed by atoms with E-state index < -0.39 is 0 Å². The number of nitrogens with one attached hydrogen (secondary N) is 1. The Labute approximate surface area is 129 Å². The van der Waals surface area contributed by atoms with E-state index in [0.29, 0.717) is 0 Å². The smallest absolute Gasteiger partial charge is 0.0466 e. The second kappa shape index (κ2) is 9.99. The van der Waals surface area contributed by atoms with E-state index in [9.17, 15) is 0 Å². The topological polar surface area (TPSA) is 12.0 Å². The van der Waals surface area contributed by atoms with Crippen LogP contribution in [-0.2, 0) is 6.54 Å². The van der Waals surface area contributed by atoms with E-state index in [-0.39, 0.29) is 5.78 Å². The van der Waals surface area contributed by atoms with Crippen LogP contribution < -0.4 is 5.32 Å². The Hall–Kier alpha value is -0.820. The lowest BCUT2D eigenvalue weighted by atomic mass is 10.2. The summed E-state index contributed by atoms with van der Waals surface area (Å²) in [5.74, 6) is 0.289. The van der Waals surface area contributed by atoms with Crippen LogP contribution in [-0.4, -0.2) is 6.26 Å². The molecule has 0 aliphatic heterocycles. The summed E-state index contributed by atoms with van der Waals surface area (Å²) in [6, 6.07) is 19.1. The highest BCUT2D eigenvalue weighted by molar-refractivity contribution is 7.98. The molecule has 20 heavy (non-hydrogen) atoms. The van der Waals surface area contributed by atoms with Gasteiger partial charge >= 0.3 is 0 Å². The highest BCUT2D eigenvalue weighted by Crippen LogP contribution is 2.24. The largest absolute Gasteiger partial charge is 0.303 e. The van der Waals surface area contributed by atoms with Crippen molar-refractivity contribution in [3.8, 4) is 0 Å². The van der Waals surface area contributed by atoms with Crippen molar-refractivity contribution in [1.82, 2.24) is 5.32 Å². The van der Waals surface area contributed by atoms with Crippen LogP contribution in [0.1, 0.15) is 30.8 Å². The van der Waals surface area contributed by atoms with E-state index in [1.807, 2.05) is 19.9 Å². The number of rotatable bonds is 5. The maximum atomic E-state index is 3.52. The van der Waals surface area contributed by atoms with Crippen molar-refractivity contribution in [2.75, 3.05) is 6.26 Å². The van der Waals surface area contributed by atoms with Crippen molar-refractivity contribution in [3.63, 3.8) is 0 Å². The molecule has 0 fully saturated rings. The zero-order chi connectivity index (χ0) is 14.8. The van der Waals surface area contributed by atoms with Gasteiger partial charge in [0.05, 0.1) is 0 Å². The first-order valence-electron chi connectivity index (χ1n) is 6.96. The fraction of sp³-hybridized carbons (Fsp3) is 0.294. The van der Waals surface area contributed by atoms with Gasteiger partial charge in [0.2, 0.25) is 0 Å². The van der Waals surface area contributed by atoms with Crippen LogP contribution in [0.5, 0.6) is 0 Å². The Balaban J connectivity index is 0.000000956. The summed E-state index contributed by atoms with van der Waals surface area (Å²) in [6.45, 7) is 4.89. The average molecular weight is 305 g/mol. The van der Waals surface area contributed by atoms with Crippen LogP contribution in [0.2, 0.25) is 0 Å². The summed E-state index contributed by atoms with van der Waals surface area (Å²) in [7, 11) is 2.87. The SMILES string of the molecule is CC.CSc1cccc(C(P)NCc2ccccc2)c1. The third-order valence-electron chi connectivity index (χ3n) is 2.82. The Morgan fingerprint density at radius 3 is 2.40 bits per heavy atom. The van der Waals surface area contributed by atoms with Gasteiger partial charge in [0.15, 0.2) is 0 Å². The summed E-state index contributed by atoms with van der Waals surface area (Å²) in [4.78, 5) is 1.31. The molecule has 0 amide bonds. The molecule has 1 nitrogen and oxygen atoms in total. The molecule has 3 heteroatoms. The Kier molecular flexibility index (Phi) is 8.60. The van der Waals surface area contributed by atoms with Gasteiger partial charge in [-0.15, -0.1) is 21.0 Å². The molecule has 2 atom stereocenters. The summed E-state index contributed by atoms with van der Waals surface area (Å²) in [6.07, 6.45) is 2.11. The maximum absolute atomic E-state index is 3.52. The molecule has 0 spiro atoms. The van der Waals surface area contributed by atoms with Crippen molar-refractivity contribution < 1.29 is 0 Å². The first-order chi connectivity index (χ1) is 9.79. The molecular formula is C17H24NPS. The van der Waals surface area contributed by atoms with E-state index in [4.69, 9.17) is 0 Å². The number of benzene rings is 2. The second-order valence-electron chi connectivity index (χ2n) is 4.12. The summed E-state index contributed by atoms with van der Waals surface area (Å²) in [5.41, 5.74) is 2.62. The fourth-order valence-electron chi connectivity index (χ4n) is 1.78. The van der Waals surface area contributed by atoms with Crippen LogP contribution in [0.25, 0.3) is 0 Å². The second-order valence-corrected chi connectivity index (χ2v) is 5.67. The summed E-state index contributed by atoms with van der Waals surface area (Å²) < 4.78 is 0. The van der Waals surface area contributed by atoms with E-state index in [2.05, 4.69) is 69.3 Å². The molecule has 108 valence electrons. The molecule has 1 N–H and O–H groups in total. The lowest BCUT2D eigenvalue weighted by molar-refractivity contribution is 0.677. The fourth-order valence-corrected chi connectivity index (χ4v) is 2.57. The predicted molar refractivity (Wildman–Crippen MR) is 95.3 cm³/mol. The lowest BCUT2D eigenvalue weighted by Crippen LogP contribution is -2.15. The van der Waals surface area contributed by atoms with Crippen molar-refractivity contribution in [1.29, 1.82) is 0 Å². The molecule has 0 saturated carbocycles. The molecule has 0 aliphatic rings. The molecule has 0 saturated heterocycles. The zero-order valence-electron chi connectivity index (χ0n) is 12.5. The first kappa shape index (κ1) is 17.2. The molecule has 2 aromatic carbocycles. The third kappa shape index (κ3) is 5.66. The van der Waals surface area contributed by atoms with Gasteiger partial charge in [0.25, 0.3) is 0 Å². The molecular weight excluding hydrogens is 281 g/mol. The van der Waals surface area contributed by atoms with Gasteiger partial charge in [-0.1, -0.05) is 56.3 Å². The first-order valence-corrected chi connectivity index (χ1v) is 8.85. The monoisotopic (exact) mass is 305 g/mol. The molecule has 0 aromatic heterocycles. The van der Waals surface area contributed by atoms with Gasteiger partial charge in [-0.25, -0.2) is 0 Å². The molecule has 0 bridgehead atoms. The van der Waals surface area contributed by atoms with Crippen molar-refractivity contribution in [3.05, 3.63) is 65.7 Å². The number of thioether (sulfide) groups is 1. The number of hydrogen-bond acceptors (Lipinski definition) is 2. The molecule has 0 radical (unpaired) electrons. The Bertz CT molecular complexity index is 487. The normalized spacial score (nSPS) is 11.4. The van der Waals surface area contributed by atoms with Gasteiger partial charge in [0, 0.05) is 17.2 Å². The minimum Gasteiger partial charge on any atom is -0.303 e. The van der Waals surface area contributed by atoms with Gasteiger partial charge in [-0.2, -0.15) is 0 Å². The molecule has 0 heterocycles. The van der Waals surface area contributed by atoms with Crippen molar-refractivity contribution >= 4 is 21.0 Å². The van der Waals surface area contributed by atoms with Crippen LogP contribution in [0, 0.1) is 0 Å². The lowest BCUT2D eigenvalue weighted by Gasteiger charge is -2.15. The van der Waals surface area contributed by atoms with Crippen molar-refractivity contribution in [2.24, 2.45) is 0 Å². The maximum Gasteiger partial charge on any atom is 0.0466 e. The van der Waals surface area contributed by atoms with Gasteiger partial charge in [-0.05, 0) is 29.5 Å². The van der Waals surface area contributed by atoms with Crippen LogP contribution in [0.4, 0.5) is 0 Å². The third-order valence-corrected chi connectivity index (χ3v) is 4.17. The zero-order valence-corrected chi connectivity index (χ0v) is 14.4. The average Bonchev–Trinajstić information content (AvgIpc) is 2.55. The minimum atomic E-state index is 0.289. The standard InChI is InChI=1S/C15H18NPS.C2H6/c1-18-14-9-5-8-13(10-14)15(17)16-11-12-6-3-2-4-7-12;1-2/h2-10,15-16H,11,17H2,1H3;1-2H3. The minimum absolute atomic E-state index is 0.289. The number of hydrogen-bond donors (Lipinski definition) is 1. The Morgan fingerprint density at radius 2 is 1.75 bits per heavy atom. The van der Waals surface area contributed by atoms with E-state index in [1.54, 1.807) is 11.8 Å². The highest BCUT2D eigenvalue weighted by atomic mass is 32.2. The summed E-state index contributed by atoms with van der Waals surface area (Å²) >= 11 is 1.78. The van der Waals surface area contributed by atoms with Crippen LogP contribution in [0.3, 0.4) is 0 Å². The summed E-state index contributed by atoms with van der Waals surface area (Å²) in [5, 5.41) is 3.52. The molecule has 2 unspecified atom stereocenters. The highest BCUT2D eigenvalue weighted by Gasteiger charge is 2.05. The molecule has 0 aliphatic carbocycles. The van der Waals surface area contributed by atoms with Gasteiger partial charge < -0.3 is 5.32 Å². The van der Waals surface area contributed by atoms with Gasteiger partial charge in [0.1, 0.15) is 0 Å². The van der Waals surface area contributed by atoms with E-state index >= 15 is 0 Å². The quantitative estimate of drug-likeness (QED) is 0.609. The molecule has 2 rings (SSSR count). The van der Waals surface area contributed by atoms with E-state index in [0.717, 1.165) is 6.54 Å². The van der Waals surface area contributed by atoms with Crippen LogP contribution in [0.15, 0.2) is 59.5 Å². The van der Waals surface area contributed by atoms with E-state index in [1.165, 1.54) is 16.0 Å². The van der Waals surface area contributed by atoms with Crippen molar-refractivity contribution in [2.45, 2.75) is 31.1 Å². The molecule has 2 aromatic rings. The van der Waals surface area contributed by atoms with Crippen LogP contribution >= 0.6 is 21.0 Å².